The second kappa shape index (κ2) is 23.3. The molecular weight excluding hydrogens is 843 g/mol. The van der Waals surface area contributed by atoms with Gasteiger partial charge in [-0.2, -0.15) is 0 Å². The van der Waals surface area contributed by atoms with Crippen molar-refractivity contribution in [1.82, 2.24) is 19.9 Å². The third-order valence-electron chi connectivity index (χ3n) is 14.7. The Labute approximate surface area is 415 Å². The van der Waals surface area contributed by atoms with E-state index in [-0.39, 0.29) is 17.8 Å². The second-order valence-corrected chi connectivity index (χ2v) is 19.5. The molecule has 6 unspecified atom stereocenters. The van der Waals surface area contributed by atoms with Crippen LogP contribution in [0.3, 0.4) is 0 Å². The van der Waals surface area contributed by atoms with Crippen molar-refractivity contribution >= 4 is 51.8 Å². The molecule has 7 nitrogen and oxygen atoms in total. The van der Waals surface area contributed by atoms with Gasteiger partial charge in [0.2, 0.25) is 0 Å². The van der Waals surface area contributed by atoms with Crippen LogP contribution < -0.4 is 14.7 Å². The van der Waals surface area contributed by atoms with E-state index in [4.69, 9.17) is 19.9 Å². The second-order valence-electron chi connectivity index (χ2n) is 19.5. The lowest BCUT2D eigenvalue weighted by molar-refractivity contribution is 0.707. The lowest BCUT2D eigenvalue weighted by Gasteiger charge is -2.32. The summed E-state index contributed by atoms with van der Waals surface area (Å²) < 4.78 is 0. The van der Waals surface area contributed by atoms with Crippen LogP contribution in [-0.4, -0.2) is 19.9 Å². The molecule has 3 aromatic carbocycles. The maximum Gasteiger partial charge on any atom is 0.143 e. The number of nitrogens with zero attached hydrogens (tertiary/aromatic N) is 7. The van der Waals surface area contributed by atoms with Gasteiger partial charge in [0.15, 0.2) is 0 Å². The SMILES string of the molecule is CCC(C)c1cccc(N(c2cc(N(c3cccc(C(C)CC)c3)c3cccc(C(C)CC)n3)nc(N(c3cccc(C(C)CC)c3)c3cccc(C(C)CC)n3)c2)c2cccc(C(C)CC)n2)c1. The van der Waals surface area contributed by atoms with Crippen LogP contribution in [0.25, 0.3) is 0 Å². The minimum absolute atomic E-state index is 0.280. The van der Waals surface area contributed by atoms with Crippen molar-refractivity contribution in [2.24, 2.45) is 0 Å². The van der Waals surface area contributed by atoms with Gasteiger partial charge in [0.1, 0.15) is 29.1 Å². The van der Waals surface area contributed by atoms with Gasteiger partial charge in [-0.3, -0.25) is 14.7 Å². The number of benzene rings is 3. The first-order valence-electron chi connectivity index (χ1n) is 26.0. The number of anilines is 9. The van der Waals surface area contributed by atoms with E-state index in [9.17, 15) is 0 Å². The van der Waals surface area contributed by atoms with E-state index in [1.54, 1.807) is 0 Å². The van der Waals surface area contributed by atoms with Crippen LogP contribution in [0, 0.1) is 0 Å². The van der Waals surface area contributed by atoms with E-state index < -0.39 is 0 Å². The summed E-state index contributed by atoms with van der Waals surface area (Å²) in [6, 6.07) is 50.8. The summed E-state index contributed by atoms with van der Waals surface area (Å²) in [6.07, 6.45) is 6.06. The third kappa shape index (κ3) is 11.6. The fourth-order valence-electron chi connectivity index (χ4n) is 8.79. The van der Waals surface area contributed by atoms with Crippen molar-refractivity contribution in [1.29, 1.82) is 0 Å². The van der Waals surface area contributed by atoms with Gasteiger partial charge in [-0.25, -0.2) is 19.9 Å². The Kier molecular flexibility index (Phi) is 17.1. The third-order valence-corrected chi connectivity index (χ3v) is 14.7. The van der Waals surface area contributed by atoms with Gasteiger partial charge >= 0.3 is 0 Å². The van der Waals surface area contributed by atoms with Crippen molar-refractivity contribution in [2.45, 2.75) is 157 Å². The van der Waals surface area contributed by atoms with Crippen LogP contribution in [0.4, 0.5) is 51.8 Å². The molecule has 0 fully saturated rings. The van der Waals surface area contributed by atoms with Gasteiger partial charge in [-0.15, -0.1) is 0 Å². The molecule has 69 heavy (non-hydrogen) atoms. The lowest BCUT2D eigenvalue weighted by Crippen LogP contribution is -2.20. The van der Waals surface area contributed by atoms with Crippen molar-refractivity contribution in [2.75, 3.05) is 14.7 Å². The standard InChI is InChI=1S/C62H77N7/c1-13-42(7)48-25-19-28-51(37-48)67(58-34-22-31-55(63-58)45(10)16-4)54-40-61(68(52-29-20-26-49(38-52)43(8)14-2)59-35-23-32-56(64-59)46(11)17-5)66-62(41-54)69(53-30-21-27-50(39-53)44(9)15-3)60-36-24-33-57(65-60)47(12)18-6/h19-47H,13-18H2,1-12H3. The summed E-state index contributed by atoms with van der Waals surface area (Å²) in [5.41, 5.74) is 11.0. The molecule has 0 spiro atoms. The molecule has 0 saturated heterocycles. The Morgan fingerprint density at radius 3 is 0.899 bits per heavy atom. The quantitative estimate of drug-likeness (QED) is 0.0711. The first kappa shape index (κ1) is 50.5. The van der Waals surface area contributed by atoms with Crippen LogP contribution in [0.2, 0.25) is 0 Å². The topological polar surface area (TPSA) is 61.3 Å². The van der Waals surface area contributed by atoms with Crippen LogP contribution >= 0.6 is 0 Å². The Bertz CT molecular complexity index is 2290. The van der Waals surface area contributed by atoms with Gasteiger partial charge in [0, 0.05) is 46.3 Å². The molecule has 7 heteroatoms. The maximum atomic E-state index is 5.83. The lowest BCUT2D eigenvalue weighted by atomic mass is 9.98. The van der Waals surface area contributed by atoms with Gasteiger partial charge in [-0.1, -0.05) is 138 Å². The summed E-state index contributed by atoms with van der Waals surface area (Å²) in [5, 5.41) is 0. The van der Waals surface area contributed by atoms with Crippen molar-refractivity contribution < 1.29 is 0 Å². The fourth-order valence-corrected chi connectivity index (χ4v) is 8.79. The van der Waals surface area contributed by atoms with Gasteiger partial charge < -0.3 is 0 Å². The smallest absolute Gasteiger partial charge is 0.143 e. The number of hydrogen-bond donors (Lipinski definition) is 0. The van der Waals surface area contributed by atoms with Crippen molar-refractivity contribution in [3.63, 3.8) is 0 Å². The molecule has 0 saturated carbocycles. The molecule has 0 aliphatic carbocycles. The summed E-state index contributed by atoms with van der Waals surface area (Å²) in [4.78, 5) is 29.1. The van der Waals surface area contributed by atoms with Crippen LogP contribution in [-0.2, 0) is 0 Å². The molecule has 0 aliphatic heterocycles. The first-order chi connectivity index (χ1) is 33.4. The number of aromatic nitrogens is 4. The van der Waals surface area contributed by atoms with E-state index >= 15 is 0 Å². The predicted octanol–water partition coefficient (Wildman–Crippen LogP) is 18.8. The molecule has 4 heterocycles. The first-order valence-corrected chi connectivity index (χ1v) is 26.0. The normalized spacial score (nSPS) is 14.1. The van der Waals surface area contributed by atoms with Gasteiger partial charge in [-0.05, 0) is 164 Å². The van der Waals surface area contributed by atoms with E-state index in [0.29, 0.717) is 17.8 Å². The van der Waals surface area contributed by atoms with Crippen molar-refractivity contribution in [3.8, 4) is 0 Å². The number of rotatable bonds is 21. The minimum Gasteiger partial charge on any atom is -0.295 e. The zero-order valence-corrected chi connectivity index (χ0v) is 43.6. The molecular formula is C62H77N7. The monoisotopic (exact) mass is 920 g/mol. The molecule has 360 valence electrons. The van der Waals surface area contributed by atoms with Crippen LogP contribution in [0.5, 0.6) is 0 Å². The van der Waals surface area contributed by atoms with Gasteiger partial charge in [0.25, 0.3) is 0 Å². The Balaban J connectivity index is 1.63. The summed E-state index contributed by atoms with van der Waals surface area (Å²) in [6.45, 7) is 27.2. The number of hydrogen-bond acceptors (Lipinski definition) is 7. The highest BCUT2D eigenvalue weighted by Crippen LogP contribution is 2.45. The van der Waals surface area contributed by atoms with Crippen molar-refractivity contribution in [3.05, 3.63) is 173 Å². The Morgan fingerprint density at radius 2 is 0.580 bits per heavy atom. The van der Waals surface area contributed by atoms with E-state index in [1.165, 1.54) is 16.7 Å². The Hall–Kier alpha value is -6.34. The average Bonchev–Trinajstić information content (AvgIpc) is 3.40. The van der Waals surface area contributed by atoms with Gasteiger partial charge in [0.05, 0.1) is 5.69 Å². The molecule has 7 rings (SSSR count). The van der Waals surface area contributed by atoms with Crippen LogP contribution in [0.15, 0.2) is 140 Å². The zero-order valence-electron chi connectivity index (χ0n) is 43.6. The minimum atomic E-state index is 0.280. The van der Waals surface area contributed by atoms with Crippen LogP contribution in [0.1, 0.15) is 191 Å². The fraction of sp³-hybridized carbons (Fsp3) is 0.387. The van der Waals surface area contributed by atoms with E-state index in [1.807, 2.05) is 0 Å². The maximum absolute atomic E-state index is 5.83. The molecule has 7 aromatic rings. The molecule has 6 atom stereocenters. The summed E-state index contributed by atoms with van der Waals surface area (Å²) in [7, 11) is 0. The van der Waals surface area contributed by atoms with E-state index in [2.05, 4.69) is 237 Å². The molecule has 0 radical (unpaired) electrons. The average molecular weight is 920 g/mol. The summed E-state index contributed by atoms with van der Waals surface area (Å²) in [5.74, 6) is 5.92. The molecule has 4 aromatic heterocycles. The Morgan fingerprint density at radius 1 is 0.290 bits per heavy atom. The predicted molar refractivity (Wildman–Crippen MR) is 294 cm³/mol. The largest absolute Gasteiger partial charge is 0.295 e. The highest BCUT2D eigenvalue weighted by Gasteiger charge is 2.27. The molecule has 0 N–H and O–H groups in total. The van der Waals surface area contributed by atoms with E-state index in [0.717, 1.165) is 107 Å². The number of pyridine rings is 4. The molecule has 0 aliphatic rings. The molecule has 0 amide bonds. The summed E-state index contributed by atoms with van der Waals surface area (Å²) >= 11 is 0. The highest BCUT2D eigenvalue weighted by molar-refractivity contribution is 5.85. The zero-order chi connectivity index (χ0) is 49.2. The highest BCUT2D eigenvalue weighted by atomic mass is 15.3. The molecule has 0 bridgehead atoms.